The van der Waals surface area contributed by atoms with E-state index in [1.165, 1.54) is 106 Å². The van der Waals surface area contributed by atoms with Crippen molar-refractivity contribution in [3.63, 3.8) is 0 Å². The molecule has 8 aromatic rings. The van der Waals surface area contributed by atoms with Gasteiger partial charge in [0.05, 0.1) is 11.5 Å². The molecule has 0 saturated carbocycles. The molecule has 1 aliphatic rings. The van der Waals surface area contributed by atoms with E-state index >= 15 is 0 Å². The Hall–Kier alpha value is -7.54. The van der Waals surface area contributed by atoms with Crippen LogP contribution in [0.5, 0.6) is 0 Å². The minimum atomic E-state index is 0.0569. The molecule has 0 bridgehead atoms. The second-order valence-corrected chi connectivity index (χ2v) is 29.2. The Morgan fingerprint density at radius 2 is 0.488 bits per heavy atom. The lowest BCUT2D eigenvalue weighted by Crippen LogP contribution is -2.17. The molecule has 0 saturated heterocycles. The van der Waals surface area contributed by atoms with Crippen molar-refractivity contribution in [3.05, 3.63) is 324 Å². The maximum atomic E-state index is 2.34. The van der Waals surface area contributed by atoms with Crippen LogP contribution in [0.4, 0.5) is 0 Å². The van der Waals surface area contributed by atoms with Crippen molar-refractivity contribution in [1.29, 1.82) is 0 Å². The predicted molar refractivity (Wildman–Crippen MR) is 355 cm³/mol. The predicted octanol–water partition coefficient (Wildman–Crippen LogP) is 20.1. The van der Waals surface area contributed by atoms with Gasteiger partial charge in [0, 0.05) is 46.2 Å². The number of benzene rings is 8. The van der Waals surface area contributed by atoms with E-state index < -0.39 is 0 Å². The van der Waals surface area contributed by atoms with Crippen LogP contribution >= 0.6 is 0 Å². The molecule has 0 N–H and O–H groups in total. The highest BCUT2D eigenvalue weighted by molar-refractivity contribution is 5.89. The van der Waals surface area contributed by atoms with Crippen molar-refractivity contribution < 1.29 is 0 Å². The van der Waals surface area contributed by atoms with E-state index in [0.717, 1.165) is 16.7 Å². The van der Waals surface area contributed by atoms with Gasteiger partial charge in [-0.3, -0.25) is 0 Å². The Morgan fingerprint density at radius 3 is 0.768 bits per heavy atom. The van der Waals surface area contributed by atoms with Crippen molar-refractivity contribution in [2.45, 2.75) is 157 Å². The highest BCUT2D eigenvalue weighted by atomic mass is 14.3. The quantitative estimate of drug-likeness (QED) is 0.0998. The van der Waals surface area contributed by atoms with Gasteiger partial charge < -0.3 is 0 Å². The molecule has 0 radical (unpaired) electrons. The molecular weight excluding hydrogens is 985 g/mol. The Labute approximate surface area is 495 Å². The van der Waals surface area contributed by atoms with Crippen LogP contribution in [0.3, 0.4) is 0 Å². The van der Waals surface area contributed by atoms with Crippen LogP contribution in [0.1, 0.15) is 203 Å². The fourth-order valence-corrected chi connectivity index (χ4v) is 11.2. The molecule has 1 aliphatic carbocycles. The van der Waals surface area contributed by atoms with Crippen molar-refractivity contribution >= 4 is 16.7 Å². The zero-order valence-corrected chi connectivity index (χ0v) is 52.8. The minimum absolute atomic E-state index is 0.0569. The van der Waals surface area contributed by atoms with Crippen LogP contribution in [0.25, 0.3) is 16.7 Å². The summed E-state index contributed by atoms with van der Waals surface area (Å²) in [6.45, 7) is 41.2. The first-order chi connectivity index (χ1) is 38.4. The maximum absolute atomic E-state index is 2.34. The van der Waals surface area contributed by atoms with E-state index in [2.05, 4.69) is 343 Å². The van der Waals surface area contributed by atoms with Gasteiger partial charge in [-0.25, -0.2) is 0 Å². The van der Waals surface area contributed by atoms with Crippen LogP contribution in [0.2, 0.25) is 0 Å². The second-order valence-electron chi connectivity index (χ2n) is 29.2. The third-order valence-electron chi connectivity index (χ3n) is 16.6. The van der Waals surface area contributed by atoms with Gasteiger partial charge in [0.2, 0.25) is 0 Å². The summed E-state index contributed by atoms with van der Waals surface area (Å²) in [5.41, 5.74) is 22.7. The Morgan fingerprint density at radius 1 is 0.256 bits per heavy atom. The highest BCUT2D eigenvalue weighted by Crippen LogP contribution is 2.39. The molecule has 9 rings (SSSR count). The third kappa shape index (κ3) is 13.4. The first-order valence-corrected chi connectivity index (χ1v) is 29.9. The van der Waals surface area contributed by atoms with Gasteiger partial charge >= 0.3 is 0 Å². The molecule has 0 unspecified atom stereocenters. The Kier molecular flexibility index (Phi) is 16.3. The van der Waals surface area contributed by atoms with Crippen molar-refractivity contribution in [2.75, 3.05) is 0 Å². The normalized spacial score (nSPS) is 13.3. The van der Waals surface area contributed by atoms with Gasteiger partial charge in [0.15, 0.2) is 0 Å². The third-order valence-corrected chi connectivity index (χ3v) is 16.6. The summed E-state index contributed by atoms with van der Waals surface area (Å²) in [5, 5.41) is 2.35. The van der Waals surface area contributed by atoms with Gasteiger partial charge in [-0.15, -0.1) is 0 Å². The van der Waals surface area contributed by atoms with Crippen molar-refractivity contribution in [3.8, 4) is 0 Å². The van der Waals surface area contributed by atoms with Crippen LogP contribution in [-0.2, 0) is 32.5 Å². The lowest BCUT2D eigenvalue weighted by Gasteiger charge is -2.28. The number of allylic oxidation sites excluding steroid dienone is 5. The van der Waals surface area contributed by atoms with E-state index in [0.29, 0.717) is 0 Å². The first kappa shape index (κ1) is 59.1. The molecule has 8 aromatic carbocycles. The molecule has 0 fully saturated rings. The van der Waals surface area contributed by atoms with Gasteiger partial charge in [0.1, 0.15) is 0 Å². The molecule has 0 spiro atoms. The molecule has 0 aliphatic heterocycles. The zero-order valence-electron chi connectivity index (χ0n) is 52.8. The smallest absolute Gasteiger partial charge is 0.0930 e. The summed E-state index contributed by atoms with van der Waals surface area (Å²) in [6, 6.07) is 74.2. The average Bonchev–Trinajstić information content (AvgIpc) is 3.54. The summed E-state index contributed by atoms with van der Waals surface area (Å²) in [6.07, 6.45) is 9.36. The largest absolute Gasteiger partial charge is 0.0996 e. The molecule has 82 heavy (non-hydrogen) atoms. The van der Waals surface area contributed by atoms with Gasteiger partial charge in [-0.05, 0) is 124 Å². The topological polar surface area (TPSA) is 0 Å². The van der Waals surface area contributed by atoms with E-state index in [4.69, 9.17) is 0 Å². The van der Waals surface area contributed by atoms with E-state index in [1.807, 2.05) is 0 Å². The Balaban J connectivity index is 1.22. The fraction of sp³-hybridized carbons (Fsp3) is 0.293. The number of hydrogen-bond donors (Lipinski definition) is 0. The van der Waals surface area contributed by atoms with Gasteiger partial charge in [0.25, 0.3) is 0 Å². The summed E-state index contributed by atoms with van der Waals surface area (Å²) >= 11 is 0. The molecule has 0 heterocycles. The average molecular weight is 1080 g/mol. The van der Waals surface area contributed by atoms with E-state index in [1.54, 1.807) is 0 Å². The van der Waals surface area contributed by atoms with Crippen LogP contribution < -0.4 is 10.4 Å². The molecule has 0 aromatic heterocycles. The summed E-state index contributed by atoms with van der Waals surface area (Å²) in [7, 11) is 0. The molecule has 418 valence electrons. The number of hydrogen-bond acceptors (Lipinski definition) is 0. The summed E-state index contributed by atoms with van der Waals surface area (Å²) in [4.78, 5) is 0. The van der Waals surface area contributed by atoms with E-state index in [-0.39, 0.29) is 32.5 Å². The van der Waals surface area contributed by atoms with Crippen molar-refractivity contribution in [1.82, 2.24) is 0 Å². The number of rotatable bonds is 9. The molecule has 0 heteroatoms. The summed E-state index contributed by atoms with van der Waals surface area (Å²) < 4.78 is 0. The van der Waals surface area contributed by atoms with Gasteiger partial charge in [-0.2, -0.15) is 0 Å². The van der Waals surface area contributed by atoms with Gasteiger partial charge in [-0.1, -0.05) is 316 Å². The van der Waals surface area contributed by atoms with Crippen LogP contribution in [0.15, 0.2) is 224 Å². The standard InChI is InChI=1S/C82H90/c1-77(2,3)67-43-31-61(32-44-67)74(62-33-45-68(46-34-62)78(4,5)6)58-25-19-55(20-26-58)73(56-21-27-59(28-22-56)75(63-35-47-69(48-36-63)79(7,8)9)64-37-49-70(50-38-64)80(10,11)12)57-23-29-60(30-24-57)76(65-39-51-71(52-40-65)81(13,14)15)66-41-53-72(54-42-66)82(16,17)18/h19-54H,1-18H3. The minimum Gasteiger partial charge on any atom is -0.0996 e. The first-order valence-electron chi connectivity index (χ1n) is 29.9. The van der Waals surface area contributed by atoms with E-state index in [9.17, 15) is 0 Å². The molecule has 0 atom stereocenters. The summed E-state index contributed by atoms with van der Waals surface area (Å²) in [5.74, 6) is 2.39. The lowest BCUT2D eigenvalue weighted by molar-refractivity contribution is 0.589. The molecule has 0 amide bonds. The lowest BCUT2D eigenvalue weighted by atomic mass is 9.79. The van der Waals surface area contributed by atoms with Crippen LogP contribution in [0, 0.1) is 11.8 Å². The van der Waals surface area contributed by atoms with Crippen molar-refractivity contribution in [2.24, 2.45) is 0 Å². The SMILES string of the molecule is CC(C)(C)c1ccc(C(=C2C=C[C+](C(c3ccc([C-](c4ccc(C(C)(C)C)cc4)c4ccc(C(C)(C)C)cc4)cc3)=c3ccc(=C(c4ccc(C(C)(C)C)cc4)c4ccc(C(C)(C)C)cc4)cc3)C=C2)c2ccc(C(C)(C)C)cc2)cc1. The maximum Gasteiger partial charge on any atom is 0.0930 e. The Bertz CT molecular complexity index is 3520. The fourth-order valence-electron chi connectivity index (χ4n) is 11.2. The second kappa shape index (κ2) is 22.7. The molecule has 0 nitrogen and oxygen atoms in total. The monoisotopic (exact) mass is 1070 g/mol. The van der Waals surface area contributed by atoms with Crippen LogP contribution in [-0.4, -0.2) is 0 Å². The highest BCUT2D eigenvalue weighted by Gasteiger charge is 2.26. The zero-order chi connectivity index (χ0) is 59.2. The molecular formula is C82H90.